The fourth-order valence-electron chi connectivity index (χ4n) is 1.62. The van der Waals surface area contributed by atoms with Crippen LogP contribution in [-0.4, -0.2) is 24.8 Å². The molecule has 0 amide bonds. The van der Waals surface area contributed by atoms with E-state index in [0.29, 0.717) is 0 Å². The molecule has 0 unspecified atom stereocenters. The summed E-state index contributed by atoms with van der Waals surface area (Å²) in [7, 11) is 0. The van der Waals surface area contributed by atoms with E-state index in [-0.39, 0.29) is 12.0 Å². The molecule has 0 bridgehead atoms. The van der Waals surface area contributed by atoms with Crippen molar-refractivity contribution in [2.75, 3.05) is 19.7 Å². The van der Waals surface area contributed by atoms with Crippen LogP contribution in [-0.2, 0) is 5.41 Å². The third-order valence-corrected chi connectivity index (χ3v) is 3.18. The lowest BCUT2D eigenvalue weighted by Gasteiger charge is -2.26. The molecular weight excluding hydrogens is 266 g/mol. The molecule has 0 heterocycles. The molecule has 0 saturated carbocycles. The lowest BCUT2D eigenvalue weighted by molar-refractivity contribution is 0.284. The molecule has 0 aliphatic heterocycles. The third-order valence-electron chi connectivity index (χ3n) is 2.68. The summed E-state index contributed by atoms with van der Waals surface area (Å²) >= 11 is 3.49. The Morgan fingerprint density at radius 1 is 1.38 bits per heavy atom. The fourth-order valence-corrected chi connectivity index (χ4v) is 2.02. The van der Waals surface area contributed by atoms with Gasteiger partial charge in [0.05, 0.1) is 0 Å². The smallest absolute Gasteiger partial charge is 0.0443 e. The summed E-state index contributed by atoms with van der Waals surface area (Å²) in [6.45, 7) is 6.49. The van der Waals surface area contributed by atoms with Gasteiger partial charge in [-0.05, 0) is 30.7 Å². The van der Waals surface area contributed by atoms with Gasteiger partial charge in [-0.25, -0.2) is 0 Å². The predicted octanol–water partition coefficient (Wildman–Crippen LogP) is 2.70. The SMILES string of the molecule is CC(C)(CNCCCO)c1cccc(Br)c1. The Morgan fingerprint density at radius 3 is 2.75 bits per heavy atom. The number of halogens is 1. The molecule has 0 aromatic heterocycles. The van der Waals surface area contributed by atoms with Crippen LogP contribution in [0.5, 0.6) is 0 Å². The number of aliphatic hydroxyl groups is 1. The Balaban J connectivity index is 2.55. The topological polar surface area (TPSA) is 32.3 Å². The second kappa shape index (κ2) is 6.38. The molecule has 3 heteroatoms. The van der Waals surface area contributed by atoms with Crippen LogP contribution in [0, 0.1) is 0 Å². The molecule has 1 aromatic rings. The highest BCUT2D eigenvalue weighted by molar-refractivity contribution is 9.10. The summed E-state index contributed by atoms with van der Waals surface area (Å²) in [5, 5.41) is 12.1. The Kier molecular flexibility index (Phi) is 5.46. The molecule has 0 aliphatic carbocycles. The highest BCUT2D eigenvalue weighted by Gasteiger charge is 2.19. The van der Waals surface area contributed by atoms with E-state index in [2.05, 4.69) is 53.3 Å². The Hall–Kier alpha value is -0.380. The van der Waals surface area contributed by atoms with Crippen LogP contribution < -0.4 is 5.32 Å². The molecular formula is C13H20BrNO. The van der Waals surface area contributed by atoms with Gasteiger partial charge in [-0.2, -0.15) is 0 Å². The maximum absolute atomic E-state index is 8.70. The van der Waals surface area contributed by atoms with Gasteiger partial charge in [0.1, 0.15) is 0 Å². The van der Waals surface area contributed by atoms with E-state index >= 15 is 0 Å². The Morgan fingerprint density at radius 2 is 2.12 bits per heavy atom. The quantitative estimate of drug-likeness (QED) is 0.788. The van der Waals surface area contributed by atoms with E-state index < -0.39 is 0 Å². The van der Waals surface area contributed by atoms with Gasteiger partial charge in [-0.1, -0.05) is 41.9 Å². The zero-order valence-corrected chi connectivity index (χ0v) is 11.5. The molecule has 16 heavy (non-hydrogen) atoms. The molecule has 0 radical (unpaired) electrons. The average Bonchev–Trinajstić information content (AvgIpc) is 2.24. The third kappa shape index (κ3) is 4.24. The summed E-state index contributed by atoms with van der Waals surface area (Å²) in [6, 6.07) is 8.42. The minimum atomic E-state index is 0.110. The second-order valence-corrected chi connectivity index (χ2v) is 5.56. The van der Waals surface area contributed by atoms with E-state index in [1.54, 1.807) is 0 Å². The van der Waals surface area contributed by atoms with Gasteiger partial charge in [0.2, 0.25) is 0 Å². The van der Waals surface area contributed by atoms with Gasteiger partial charge in [0.15, 0.2) is 0 Å². The highest BCUT2D eigenvalue weighted by Crippen LogP contribution is 2.24. The van der Waals surface area contributed by atoms with Crippen molar-refractivity contribution in [2.24, 2.45) is 0 Å². The van der Waals surface area contributed by atoms with Gasteiger partial charge in [-0.15, -0.1) is 0 Å². The first kappa shape index (κ1) is 13.7. The summed E-state index contributed by atoms with van der Waals surface area (Å²) in [5.74, 6) is 0. The largest absolute Gasteiger partial charge is 0.396 e. The molecule has 0 atom stereocenters. The van der Waals surface area contributed by atoms with Crippen molar-refractivity contribution in [2.45, 2.75) is 25.7 Å². The van der Waals surface area contributed by atoms with Crippen molar-refractivity contribution in [3.8, 4) is 0 Å². The van der Waals surface area contributed by atoms with Crippen molar-refractivity contribution in [1.82, 2.24) is 5.32 Å². The minimum absolute atomic E-state index is 0.110. The maximum atomic E-state index is 8.70. The molecule has 0 aliphatic rings. The highest BCUT2D eigenvalue weighted by atomic mass is 79.9. The molecule has 1 aromatic carbocycles. The minimum Gasteiger partial charge on any atom is -0.396 e. The van der Waals surface area contributed by atoms with Crippen LogP contribution >= 0.6 is 15.9 Å². The summed E-state index contributed by atoms with van der Waals surface area (Å²) in [6.07, 6.45) is 0.814. The average molecular weight is 286 g/mol. The van der Waals surface area contributed by atoms with Crippen molar-refractivity contribution in [3.63, 3.8) is 0 Å². The molecule has 0 saturated heterocycles. The van der Waals surface area contributed by atoms with E-state index in [1.165, 1.54) is 5.56 Å². The van der Waals surface area contributed by atoms with Crippen molar-refractivity contribution < 1.29 is 5.11 Å². The standard InChI is InChI=1S/C13H20BrNO/c1-13(2,10-15-7-4-8-16)11-5-3-6-12(14)9-11/h3,5-6,9,15-16H,4,7-8,10H2,1-2H3. The first-order valence-corrected chi connectivity index (χ1v) is 6.43. The van der Waals surface area contributed by atoms with Crippen LogP contribution in [0.3, 0.4) is 0 Å². The Labute approximate surface area is 106 Å². The first-order valence-electron chi connectivity index (χ1n) is 5.64. The molecule has 2 N–H and O–H groups in total. The van der Waals surface area contributed by atoms with E-state index in [0.717, 1.165) is 24.0 Å². The van der Waals surface area contributed by atoms with Crippen LogP contribution in [0.15, 0.2) is 28.7 Å². The van der Waals surface area contributed by atoms with Crippen molar-refractivity contribution >= 4 is 15.9 Å². The molecule has 0 spiro atoms. The molecule has 0 fully saturated rings. The fraction of sp³-hybridized carbons (Fsp3) is 0.538. The molecule has 1 rings (SSSR count). The van der Waals surface area contributed by atoms with E-state index in [9.17, 15) is 0 Å². The van der Waals surface area contributed by atoms with E-state index in [4.69, 9.17) is 5.11 Å². The van der Waals surface area contributed by atoms with Crippen LogP contribution in [0.25, 0.3) is 0 Å². The molecule has 90 valence electrons. The summed E-state index contributed by atoms with van der Waals surface area (Å²) < 4.78 is 1.12. The van der Waals surface area contributed by atoms with Gasteiger partial charge in [0.25, 0.3) is 0 Å². The second-order valence-electron chi connectivity index (χ2n) is 4.65. The van der Waals surface area contributed by atoms with Gasteiger partial charge in [0, 0.05) is 23.0 Å². The van der Waals surface area contributed by atoms with Crippen LogP contribution in [0.1, 0.15) is 25.8 Å². The Bertz CT molecular complexity index is 325. The number of nitrogens with one attached hydrogen (secondary N) is 1. The number of rotatable bonds is 6. The van der Waals surface area contributed by atoms with Crippen molar-refractivity contribution in [1.29, 1.82) is 0 Å². The number of hydrogen-bond acceptors (Lipinski definition) is 2. The summed E-state index contributed by atoms with van der Waals surface area (Å²) in [4.78, 5) is 0. The first-order chi connectivity index (χ1) is 7.56. The van der Waals surface area contributed by atoms with Crippen molar-refractivity contribution in [3.05, 3.63) is 34.3 Å². The lowest BCUT2D eigenvalue weighted by atomic mass is 9.84. The van der Waals surface area contributed by atoms with Gasteiger partial charge in [-0.3, -0.25) is 0 Å². The van der Waals surface area contributed by atoms with Crippen LogP contribution in [0.4, 0.5) is 0 Å². The van der Waals surface area contributed by atoms with Gasteiger partial charge < -0.3 is 10.4 Å². The zero-order valence-electron chi connectivity index (χ0n) is 9.96. The number of benzene rings is 1. The zero-order chi connectivity index (χ0) is 12.0. The number of aliphatic hydroxyl groups excluding tert-OH is 1. The monoisotopic (exact) mass is 285 g/mol. The van der Waals surface area contributed by atoms with E-state index in [1.807, 2.05) is 6.07 Å². The predicted molar refractivity (Wildman–Crippen MR) is 71.7 cm³/mol. The maximum Gasteiger partial charge on any atom is 0.0443 e. The summed E-state index contributed by atoms with van der Waals surface area (Å²) in [5.41, 5.74) is 1.43. The van der Waals surface area contributed by atoms with Crippen LogP contribution in [0.2, 0.25) is 0 Å². The normalized spacial score (nSPS) is 11.8. The molecule has 2 nitrogen and oxygen atoms in total. The number of hydrogen-bond donors (Lipinski definition) is 2. The van der Waals surface area contributed by atoms with Gasteiger partial charge >= 0.3 is 0 Å². The lowest BCUT2D eigenvalue weighted by Crippen LogP contribution is -2.33.